The number of para-hydroxylation sites is 1. The zero-order chi connectivity index (χ0) is 14.5. The molecule has 0 fully saturated rings. The van der Waals surface area contributed by atoms with Crippen molar-refractivity contribution < 1.29 is 9.18 Å². The first kappa shape index (κ1) is 14.3. The van der Waals surface area contributed by atoms with Crippen LogP contribution in [0, 0.1) is 5.82 Å². The largest absolute Gasteiger partial charge is 0.323 e. The van der Waals surface area contributed by atoms with Crippen molar-refractivity contribution in [2.24, 2.45) is 0 Å². The van der Waals surface area contributed by atoms with Crippen molar-refractivity contribution in [3.8, 4) is 0 Å². The molecule has 0 saturated heterocycles. The second kappa shape index (κ2) is 6.33. The van der Waals surface area contributed by atoms with Gasteiger partial charge in [-0.3, -0.25) is 9.59 Å². The van der Waals surface area contributed by atoms with Crippen LogP contribution in [0.1, 0.15) is 6.92 Å². The number of aromatic amines is 1. The lowest BCUT2D eigenvalue weighted by atomic mass is 10.3. The highest BCUT2D eigenvalue weighted by atomic mass is 32.2. The van der Waals surface area contributed by atoms with Gasteiger partial charge in [0.2, 0.25) is 5.91 Å². The molecule has 0 aliphatic carbocycles. The topological polar surface area (TPSA) is 74.8 Å². The summed E-state index contributed by atoms with van der Waals surface area (Å²) < 4.78 is 13.4. The molecule has 20 heavy (non-hydrogen) atoms. The monoisotopic (exact) mass is 293 g/mol. The van der Waals surface area contributed by atoms with Crippen LogP contribution in [0.25, 0.3) is 0 Å². The number of hydrogen-bond donors (Lipinski definition) is 2. The summed E-state index contributed by atoms with van der Waals surface area (Å²) >= 11 is 1.09. The molecular weight excluding hydrogens is 281 g/mol. The first-order valence-electron chi connectivity index (χ1n) is 5.83. The molecule has 1 amide bonds. The Bertz CT molecular complexity index is 674. The molecule has 0 aliphatic heterocycles. The Hall–Kier alpha value is -2.15. The number of rotatable bonds is 4. The zero-order valence-corrected chi connectivity index (χ0v) is 11.4. The average molecular weight is 293 g/mol. The van der Waals surface area contributed by atoms with E-state index in [4.69, 9.17) is 0 Å². The van der Waals surface area contributed by atoms with Gasteiger partial charge in [0.15, 0.2) is 5.16 Å². The fourth-order valence-electron chi connectivity index (χ4n) is 1.43. The number of benzene rings is 1. The fraction of sp³-hybridized carbons (Fsp3) is 0.154. The molecule has 2 aromatic rings. The molecule has 1 heterocycles. The van der Waals surface area contributed by atoms with Crippen molar-refractivity contribution in [3.05, 3.63) is 52.7 Å². The molecule has 2 N–H and O–H groups in total. The van der Waals surface area contributed by atoms with E-state index >= 15 is 0 Å². The van der Waals surface area contributed by atoms with Gasteiger partial charge in [-0.1, -0.05) is 23.9 Å². The van der Waals surface area contributed by atoms with Gasteiger partial charge in [-0.2, -0.15) is 0 Å². The van der Waals surface area contributed by atoms with E-state index in [-0.39, 0.29) is 17.2 Å². The van der Waals surface area contributed by atoms with E-state index in [0.29, 0.717) is 5.16 Å². The number of halogens is 1. The van der Waals surface area contributed by atoms with E-state index in [9.17, 15) is 14.0 Å². The first-order valence-corrected chi connectivity index (χ1v) is 6.71. The zero-order valence-electron chi connectivity index (χ0n) is 10.6. The summed E-state index contributed by atoms with van der Waals surface area (Å²) in [6, 6.07) is 7.21. The summed E-state index contributed by atoms with van der Waals surface area (Å²) in [6.45, 7) is 1.65. The lowest BCUT2D eigenvalue weighted by molar-refractivity contribution is -0.115. The summed E-state index contributed by atoms with van der Waals surface area (Å²) in [5.74, 6) is -0.865. The second-order valence-corrected chi connectivity index (χ2v) is 5.30. The van der Waals surface area contributed by atoms with Gasteiger partial charge < -0.3 is 10.3 Å². The highest BCUT2D eigenvalue weighted by molar-refractivity contribution is 8.00. The lowest BCUT2D eigenvalue weighted by Gasteiger charge is -2.11. The molecule has 7 heteroatoms. The number of thioether (sulfide) groups is 1. The molecule has 2 rings (SSSR count). The highest BCUT2D eigenvalue weighted by Crippen LogP contribution is 2.20. The molecule has 5 nitrogen and oxygen atoms in total. The van der Waals surface area contributed by atoms with Crippen molar-refractivity contribution in [1.29, 1.82) is 0 Å². The molecule has 1 atom stereocenters. The second-order valence-electron chi connectivity index (χ2n) is 3.97. The smallest absolute Gasteiger partial charge is 0.251 e. The summed E-state index contributed by atoms with van der Waals surface area (Å²) in [6.07, 6.45) is 1.36. The maximum Gasteiger partial charge on any atom is 0.251 e. The number of carbonyl (C=O) groups is 1. The Labute approximate surface area is 118 Å². The van der Waals surface area contributed by atoms with Gasteiger partial charge in [0, 0.05) is 12.3 Å². The van der Waals surface area contributed by atoms with Crippen LogP contribution in [0.2, 0.25) is 0 Å². The Morgan fingerprint density at radius 1 is 1.40 bits per heavy atom. The Kier molecular flexibility index (Phi) is 4.52. The quantitative estimate of drug-likeness (QED) is 0.668. The standard InChI is InChI=1S/C13H12FN3O2S/c1-8(20-13-15-7-6-11(18)17-13)12(19)16-10-5-3-2-4-9(10)14/h2-8H,1H3,(H,16,19)(H,15,17,18)/t8-/m1/s1. The summed E-state index contributed by atoms with van der Waals surface area (Å²) in [4.78, 5) is 29.5. The van der Waals surface area contributed by atoms with Crippen LogP contribution in [0.5, 0.6) is 0 Å². The van der Waals surface area contributed by atoms with Gasteiger partial charge in [-0.05, 0) is 19.1 Å². The van der Waals surface area contributed by atoms with E-state index < -0.39 is 11.1 Å². The SMILES string of the molecule is C[C@@H](Sc1nccc(=O)[nH]1)C(=O)Nc1ccccc1F. The number of nitrogens with one attached hydrogen (secondary N) is 2. The average Bonchev–Trinajstić information content (AvgIpc) is 2.41. The summed E-state index contributed by atoms with van der Waals surface area (Å²) in [5, 5.41) is 2.30. The Balaban J connectivity index is 2.02. The molecule has 0 bridgehead atoms. The van der Waals surface area contributed by atoms with E-state index in [1.807, 2.05) is 0 Å². The molecule has 0 unspecified atom stereocenters. The maximum absolute atomic E-state index is 13.4. The van der Waals surface area contributed by atoms with E-state index in [0.717, 1.165) is 11.8 Å². The van der Waals surface area contributed by atoms with Crippen LogP contribution in [0.15, 0.2) is 46.5 Å². The van der Waals surface area contributed by atoms with Gasteiger partial charge in [0.1, 0.15) is 5.82 Å². The normalized spacial score (nSPS) is 11.9. The van der Waals surface area contributed by atoms with E-state index in [2.05, 4.69) is 15.3 Å². The number of hydrogen-bond acceptors (Lipinski definition) is 4. The number of nitrogens with zero attached hydrogens (tertiary/aromatic N) is 1. The van der Waals surface area contributed by atoms with Crippen LogP contribution < -0.4 is 10.9 Å². The number of anilines is 1. The molecular formula is C13H12FN3O2S. The van der Waals surface area contributed by atoms with Gasteiger partial charge in [0.05, 0.1) is 10.9 Å². The number of amides is 1. The summed E-state index contributed by atoms with van der Waals surface area (Å²) in [5.41, 5.74) is -0.163. The predicted molar refractivity (Wildman–Crippen MR) is 75.2 cm³/mol. The number of H-pyrrole nitrogens is 1. The minimum atomic E-state index is -0.528. The predicted octanol–water partition coefficient (Wildman–Crippen LogP) is 2.03. The molecule has 1 aromatic heterocycles. The third-order valence-electron chi connectivity index (χ3n) is 2.44. The van der Waals surface area contributed by atoms with Crippen LogP contribution in [0.3, 0.4) is 0 Å². The van der Waals surface area contributed by atoms with Crippen LogP contribution in [-0.4, -0.2) is 21.1 Å². The molecule has 0 spiro atoms. The molecule has 104 valence electrons. The van der Waals surface area contributed by atoms with Gasteiger partial charge in [-0.15, -0.1) is 0 Å². The fourth-order valence-corrected chi connectivity index (χ4v) is 2.21. The van der Waals surface area contributed by atoms with Crippen molar-refractivity contribution >= 4 is 23.4 Å². The molecule has 0 saturated carbocycles. The minimum absolute atomic E-state index is 0.125. The maximum atomic E-state index is 13.4. The van der Waals surface area contributed by atoms with Crippen molar-refractivity contribution in [2.75, 3.05) is 5.32 Å². The van der Waals surface area contributed by atoms with Crippen LogP contribution in [0.4, 0.5) is 10.1 Å². The number of carbonyl (C=O) groups excluding carboxylic acids is 1. The Morgan fingerprint density at radius 3 is 2.85 bits per heavy atom. The van der Waals surface area contributed by atoms with Gasteiger partial charge >= 0.3 is 0 Å². The number of aromatic nitrogens is 2. The van der Waals surface area contributed by atoms with Crippen LogP contribution >= 0.6 is 11.8 Å². The van der Waals surface area contributed by atoms with Crippen molar-refractivity contribution in [1.82, 2.24) is 9.97 Å². The van der Waals surface area contributed by atoms with Gasteiger partial charge in [0.25, 0.3) is 5.56 Å². The first-order chi connectivity index (χ1) is 9.56. The molecule has 0 radical (unpaired) electrons. The van der Waals surface area contributed by atoms with E-state index in [1.54, 1.807) is 19.1 Å². The molecule has 0 aliphatic rings. The third kappa shape index (κ3) is 3.67. The third-order valence-corrected chi connectivity index (χ3v) is 3.44. The summed E-state index contributed by atoms with van der Waals surface area (Å²) in [7, 11) is 0. The van der Waals surface area contributed by atoms with Gasteiger partial charge in [-0.25, -0.2) is 9.37 Å². The molecule has 1 aromatic carbocycles. The highest BCUT2D eigenvalue weighted by Gasteiger charge is 2.16. The minimum Gasteiger partial charge on any atom is -0.323 e. The Morgan fingerprint density at radius 2 is 2.15 bits per heavy atom. The van der Waals surface area contributed by atoms with Crippen molar-refractivity contribution in [3.63, 3.8) is 0 Å². The lowest BCUT2D eigenvalue weighted by Crippen LogP contribution is -2.23. The van der Waals surface area contributed by atoms with Crippen molar-refractivity contribution in [2.45, 2.75) is 17.3 Å². The van der Waals surface area contributed by atoms with E-state index in [1.165, 1.54) is 24.4 Å². The van der Waals surface area contributed by atoms with Crippen LogP contribution in [-0.2, 0) is 4.79 Å².